The van der Waals surface area contributed by atoms with E-state index in [-0.39, 0.29) is 25.4 Å². The average molecular weight is 369 g/mol. The van der Waals surface area contributed by atoms with Gasteiger partial charge in [-0.25, -0.2) is 0 Å². The quantitative estimate of drug-likeness (QED) is 0.898. The van der Waals surface area contributed by atoms with Crippen LogP contribution in [0.25, 0.3) is 0 Å². The van der Waals surface area contributed by atoms with Crippen LogP contribution in [-0.4, -0.2) is 44.2 Å². The van der Waals surface area contributed by atoms with E-state index < -0.39 is 0 Å². The first-order chi connectivity index (χ1) is 13.2. The lowest BCUT2D eigenvalue weighted by Gasteiger charge is -2.45. The highest BCUT2D eigenvalue weighted by Crippen LogP contribution is 2.50. The smallest absolute Gasteiger partial charge is 0.231 e. The third-order valence-electron chi connectivity index (χ3n) is 6.01. The zero-order valence-electron chi connectivity index (χ0n) is 15.5. The molecule has 27 heavy (non-hydrogen) atoms. The van der Waals surface area contributed by atoms with Gasteiger partial charge in [0.25, 0.3) is 0 Å². The van der Waals surface area contributed by atoms with Crippen LogP contribution < -0.4 is 18.9 Å². The fourth-order valence-corrected chi connectivity index (χ4v) is 4.75. The molecule has 1 N–H and O–H groups in total. The molecular formula is C21H23NO5. The van der Waals surface area contributed by atoms with Gasteiger partial charge in [0.2, 0.25) is 6.79 Å². The predicted molar refractivity (Wildman–Crippen MR) is 98.8 cm³/mol. The Morgan fingerprint density at radius 3 is 2.48 bits per heavy atom. The van der Waals surface area contributed by atoms with Gasteiger partial charge in [0.15, 0.2) is 23.0 Å². The summed E-state index contributed by atoms with van der Waals surface area (Å²) in [6.45, 7) is 2.11. The largest absolute Gasteiger partial charge is 0.493 e. The van der Waals surface area contributed by atoms with Crippen LogP contribution in [0.5, 0.6) is 23.0 Å². The normalized spacial score (nSPS) is 22.6. The summed E-state index contributed by atoms with van der Waals surface area (Å²) in [6, 6.07) is 8.38. The highest BCUT2D eigenvalue weighted by Gasteiger charge is 2.40. The van der Waals surface area contributed by atoms with Gasteiger partial charge in [0.1, 0.15) is 0 Å². The summed E-state index contributed by atoms with van der Waals surface area (Å²) in [5, 5.41) is 10.3. The fraction of sp³-hybridized carbons (Fsp3) is 0.429. The van der Waals surface area contributed by atoms with Crippen LogP contribution in [0, 0.1) is 0 Å². The molecule has 0 amide bonds. The van der Waals surface area contributed by atoms with Gasteiger partial charge in [0, 0.05) is 25.0 Å². The van der Waals surface area contributed by atoms with Gasteiger partial charge in [-0.15, -0.1) is 0 Å². The SMILES string of the molecule is COc1cc2c(cc1OC)[C@@H](CO)[C@@H]1c3cc4c(cc3CCN1C2)OCO4. The monoisotopic (exact) mass is 369 g/mol. The number of fused-ring (bicyclic) bond motifs is 5. The van der Waals surface area contributed by atoms with Crippen molar-refractivity contribution >= 4 is 0 Å². The van der Waals surface area contributed by atoms with E-state index in [1.807, 2.05) is 12.1 Å². The van der Waals surface area contributed by atoms with Crippen LogP contribution in [-0.2, 0) is 13.0 Å². The molecule has 0 spiro atoms. The third kappa shape index (κ3) is 2.47. The van der Waals surface area contributed by atoms with E-state index in [0.29, 0.717) is 5.75 Å². The van der Waals surface area contributed by atoms with Crippen LogP contribution in [0.1, 0.15) is 34.2 Å². The number of benzene rings is 2. The molecule has 0 aromatic heterocycles. The van der Waals surface area contributed by atoms with Crippen molar-refractivity contribution in [1.82, 2.24) is 4.90 Å². The molecule has 0 bridgehead atoms. The summed E-state index contributed by atoms with van der Waals surface area (Å²) in [7, 11) is 3.29. The molecule has 6 heteroatoms. The summed E-state index contributed by atoms with van der Waals surface area (Å²) in [5.41, 5.74) is 4.82. The van der Waals surface area contributed by atoms with E-state index in [1.165, 1.54) is 16.7 Å². The Kier molecular flexibility index (Phi) is 3.91. The van der Waals surface area contributed by atoms with Crippen molar-refractivity contribution in [3.05, 3.63) is 46.5 Å². The maximum atomic E-state index is 10.3. The van der Waals surface area contributed by atoms with Crippen LogP contribution in [0.2, 0.25) is 0 Å². The molecule has 3 aliphatic heterocycles. The molecule has 0 saturated carbocycles. The number of rotatable bonds is 3. The Morgan fingerprint density at radius 2 is 1.74 bits per heavy atom. The van der Waals surface area contributed by atoms with Gasteiger partial charge in [0.05, 0.1) is 20.8 Å². The van der Waals surface area contributed by atoms with E-state index in [0.717, 1.165) is 42.3 Å². The molecule has 5 rings (SSSR count). The van der Waals surface area contributed by atoms with Crippen molar-refractivity contribution in [2.24, 2.45) is 0 Å². The summed E-state index contributed by atoms with van der Waals surface area (Å²) in [4.78, 5) is 2.44. The van der Waals surface area contributed by atoms with Gasteiger partial charge in [-0.1, -0.05) is 0 Å². The Morgan fingerprint density at radius 1 is 1.00 bits per heavy atom. The zero-order valence-corrected chi connectivity index (χ0v) is 15.5. The number of nitrogens with zero attached hydrogens (tertiary/aromatic N) is 1. The first kappa shape index (κ1) is 16.7. The predicted octanol–water partition coefficient (Wildman–Crippen LogP) is 2.62. The molecule has 2 atom stereocenters. The second-order valence-electron chi connectivity index (χ2n) is 7.26. The number of ether oxygens (including phenoxy) is 4. The lowest BCUT2D eigenvalue weighted by Crippen LogP contribution is -2.42. The molecule has 3 heterocycles. The Bertz CT molecular complexity index is 897. The molecule has 2 aromatic rings. The van der Waals surface area contributed by atoms with Crippen LogP contribution in [0.4, 0.5) is 0 Å². The van der Waals surface area contributed by atoms with Gasteiger partial charge in [-0.2, -0.15) is 0 Å². The van der Waals surface area contributed by atoms with Crippen molar-refractivity contribution in [2.45, 2.75) is 24.9 Å². The molecule has 0 unspecified atom stereocenters. The Hall–Kier alpha value is -2.44. The van der Waals surface area contributed by atoms with E-state index in [1.54, 1.807) is 14.2 Å². The number of hydrogen-bond donors (Lipinski definition) is 1. The second-order valence-corrected chi connectivity index (χ2v) is 7.26. The lowest BCUT2D eigenvalue weighted by molar-refractivity contribution is 0.101. The maximum Gasteiger partial charge on any atom is 0.231 e. The van der Waals surface area contributed by atoms with E-state index in [4.69, 9.17) is 18.9 Å². The van der Waals surface area contributed by atoms with Crippen molar-refractivity contribution in [3.63, 3.8) is 0 Å². The van der Waals surface area contributed by atoms with E-state index in [9.17, 15) is 5.11 Å². The van der Waals surface area contributed by atoms with Gasteiger partial charge in [-0.3, -0.25) is 4.90 Å². The van der Waals surface area contributed by atoms with Crippen molar-refractivity contribution < 1.29 is 24.1 Å². The van der Waals surface area contributed by atoms with Crippen molar-refractivity contribution in [3.8, 4) is 23.0 Å². The lowest BCUT2D eigenvalue weighted by atomic mass is 9.76. The second kappa shape index (κ2) is 6.32. The Balaban J connectivity index is 1.63. The molecule has 0 aliphatic carbocycles. The first-order valence-electron chi connectivity index (χ1n) is 9.25. The standard InChI is InChI=1S/C21H23NO5/c1-24-17-6-13-9-22-4-3-12-5-19-20(27-11-26-19)8-15(12)21(22)16(10-23)14(13)7-18(17)25-2/h5-8,16,21,23H,3-4,9-11H2,1-2H3/t16-,21+/m1/s1. The third-order valence-corrected chi connectivity index (χ3v) is 6.01. The van der Waals surface area contributed by atoms with Crippen molar-refractivity contribution in [2.75, 3.05) is 34.2 Å². The molecule has 0 fully saturated rings. The number of aliphatic hydroxyl groups is 1. The molecule has 142 valence electrons. The van der Waals surface area contributed by atoms with Crippen LogP contribution >= 0.6 is 0 Å². The summed E-state index contributed by atoms with van der Waals surface area (Å²) in [5.74, 6) is 3.01. The zero-order chi connectivity index (χ0) is 18.5. The minimum atomic E-state index is -0.0343. The Labute approximate surface area is 158 Å². The highest BCUT2D eigenvalue weighted by atomic mass is 16.7. The summed E-state index contributed by atoms with van der Waals surface area (Å²) < 4.78 is 22.1. The van der Waals surface area contributed by atoms with E-state index >= 15 is 0 Å². The van der Waals surface area contributed by atoms with Gasteiger partial charge >= 0.3 is 0 Å². The molecule has 6 nitrogen and oxygen atoms in total. The van der Waals surface area contributed by atoms with Gasteiger partial charge in [-0.05, 0) is 52.9 Å². The minimum Gasteiger partial charge on any atom is -0.493 e. The first-order valence-corrected chi connectivity index (χ1v) is 9.25. The minimum absolute atomic E-state index is 0.0343. The number of methoxy groups -OCH3 is 2. The van der Waals surface area contributed by atoms with Gasteiger partial charge < -0.3 is 24.1 Å². The van der Waals surface area contributed by atoms with Crippen LogP contribution in [0.3, 0.4) is 0 Å². The molecule has 0 saturated heterocycles. The summed E-state index contributed by atoms with van der Waals surface area (Å²) in [6.07, 6.45) is 0.962. The van der Waals surface area contributed by atoms with E-state index in [2.05, 4.69) is 17.0 Å². The molecule has 2 aromatic carbocycles. The highest BCUT2D eigenvalue weighted by molar-refractivity contribution is 5.54. The summed E-state index contributed by atoms with van der Waals surface area (Å²) >= 11 is 0. The maximum absolute atomic E-state index is 10.3. The average Bonchev–Trinajstić information content (AvgIpc) is 3.16. The fourth-order valence-electron chi connectivity index (χ4n) is 4.75. The molecular weight excluding hydrogens is 346 g/mol. The topological polar surface area (TPSA) is 60.4 Å². The molecule has 0 radical (unpaired) electrons. The number of aliphatic hydroxyl groups excluding tert-OH is 1. The number of hydrogen-bond acceptors (Lipinski definition) is 6. The van der Waals surface area contributed by atoms with Crippen LogP contribution in [0.15, 0.2) is 24.3 Å². The molecule has 3 aliphatic rings. The van der Waals surface area contributed by atoms with Crippen molar-refractivity contribution in [1.29, 1.82) is 0 Å².